The van der Waals surface area contributed by atoms with Gasteiger partial charge >= 0.3 is 0 Å². The molecule has 1 unspecified atom stereocenters. The molecule has 3 heteroatoms. The van der Waals surface area contributed by atoms with Crippen LogP contribution in [0.15, 0.2) is 12.1 Å². The molecule has 1 heterocycles. The van der Waals surface area contributed by atoms with Crippen molar-refractivity contribution in [2.75, 3.05) is 19.8 Å². The Morgan fingerprint density at radius 2 is 2.06 bits per heavy atom. The van der Waals surface area contributed by atoms with E-state index in [0.717, 1.165) is 37.4 Å². The minimum Gasteiger partial charge on any atom is -0.507 e. The fourth-order valence-electron chi connectivity index (χ4n) is 2.31. The van der Waals surface area contributed by atoms with Crippen LogP contribution in [0.5, 0.6) is 5.75 Å². The summed E-state index contributed by atoms with van der Waals surface area (Å²) < 4.78 is 5.34. The quantitative estimate of drug-likeness (QED) is 0.840. The molecule has 1 aromatic rings. The van der Waals surface area contributed by atoms with Crippen LogP contribution in [0.2, 0.25) is 0 Å². The van der Waals surface area contributed by atoms with E-state index in [1.807, 2.05) is 26.0 Å². The number of aromatic hydroxyl groups is 1. The van der Waals surface area contributed by atoms with Crippen molar-refractivity contribution >= 4 is 0 Å². The average Bonchev–Trinajstić information content (AvgIpc) is 2.79. The van der Waals surface area contributed by atoms with E-state index >= 15 is 0 Å². The first-order chi connectivity index (χ1) is 8.16. The van der Waals surface area contributed by atoms with Gasteiger partial charge in [0.2, 0.25) is 0 Å². The highest BCUT2D eigenvalue weighted by molar-refractivity contribution is 5.42. The zero-order chi connectivity index (χ0) is 12.3. The van der Waals surface area contributed by atoms with E-state index in [4.69, 9.17) is 4.74 Å². The third kappa shape index (κ3) is 3.20. The van der Waals surface area contributed by atoms with E-state index in [9.17, 15) is 5.11 Å². The van der Waals surface area contributed by atoms with E-state index < -0.39 is 0 Å². The highest BCUT2D eigenvalue weighted by Gasteiger charge is 2.14. The van der Waals surface area contributed by atoms with Crippen molar-refractivity contribution in [2.45, 2.75) is 26.8 Å². The number of nitrogens with one attached hydrogen (secondary N) is 1. The van der Waals surface area contributed by atoms with Gasteiger partial charge in [-0.15, -0.1) is 0 Å². The first-order valence-electron chi connectivity index (χ1n) is 6.24. The largest absolute Gasteiger partial charge is 0.507 e. The predicted octanol–water partition coefficient (Wildman–Crippen LogP) is 2.14. The molecule has 1 fully saturated rings. The Labute approximate surface area is 103 Å². The second-order valence-corrected chi connectivity index (χ2v) is 4.94. The van der Waals surface area contributed by atoms with Crippen molar-refractivity contribution in [1.29, 1.82) is 0 Å². The van der Waals surface area contributed by atoms with Gasteiger partial charge in [-0.25, -0.2) is 0 Å². The van der Waals surface area contributed by atoms with Gasteiger partial charge in [-0.1, -0.05) is 12.1 Å². The maximum atomic E-state index is 9.69. The summed E-state index contributed by atoms with van der Waals surface area (Å²) in [5.74, 6) is 1.08. The molecule has 0 bridgehead atoms. The van der Waals surface area contributed by atoms with Crippen molar-refractivity contribution in [2.24, 2.45) is 5.92 Å². The minimum absolute atomic E-state index is 0.415. The first-order valence-corrected chi connectivity index (χ1v) is 6.24. The van der Waals surface area contributed by atoms with E-state index in [-0.39, 0.29) is 0 Å². The molecule has 2 N–H and O–H groups in total. The third-order valence-electron chi connectivity index (χ3n) is 3.34. The van der Waals surface area contributed by atoms with Crippen molar-refractivity contribution in [1.82, 2.24) is 5.32 Å². The molecule has 1 saturated heterocycles. The maximum Gasteiger partial charge on any atom is 0.121 e. The lowest BCUT2D eigenvalue weighted by Gasteiger charge is -2.11. The van der Waals surface area contributed by atoms with Gasteiger partial charge in [0.05, 0.1) is 6.61 Å². The molecule has 1 aromatic carbocycles. The highest BCUT2D eigenvalue weighted by Crippen LogP contribution is 2.22. The summed E-state index contributed by atoms with van der Waals surface area (Å²) in [7, 11) is 0. The van der Waals surface area contributed by atoms with Gasteiger partial charge in [-0.2, -0.15) is 0 Å². The Morgan fingerprint density at radius 1 is 1.35 bits per heavy atom. The molecular weight excluding hydrogens is 214 g/mol. The second kappa shape index (κ2) is 5.52. The Hall–Kier alpha value is -1.06. The maximum absolute atomic E-state index is 9.69. The zero-order valence-corrected chi connectivity index (χ0v) is 10.6. The molecule has 1 aliphatic rings. The zero-order valence-electron chi connectivity index (χ0n) is 10.6. The summed E-state index contributed by atoms with van der Waals surface area (Å²) >= 11 is 0. The normalized spacial score (nSPS) is 19.8. The highest BCUT2D eigenvalue weighted by atomic mass is 16.5. The molecule has 94 valence electrons. The van der Waals surface area contributed by atoms with Gasteiger partial charge in [0.1, 0.15) is 5.75 Å². The lowest BCUT2D eigenvalue weighted by molar-refractivity contribution is 0.185. The Kier molecular flexibility index (Phi) is 4.02. The summed E-state index contributed by atoms with van der Waals surface area (Å²) in [5.41, 5.74) is 3.13. The van der Waals surface area contributed by atoms with Crippen molar-refractivity contribution < 1.29 is 9.84 Å². The monoisotopic (exact) mass is 235 g/mol. The number of phenols is 1. The van der Waals surface area contributed by atoms with Crippen molar-refractivity contribution in [3.05, 3.63) is 28.8 Å². The van der Waals surface area contributed by atoms with Crippen molar-refractivity contribution in [3.8, 4) is 5.75 Å². The Balaban J connectivity index is 1.86. The van der Waals surface area contributed by atoms with Crippen LogP contribution in [0.25, 0.3) is 0 Å². The molecule has 0 radical (unpaired) electrons. The molecule has 0 amide bonds. The SMILES string of the molecule is Cc1cc(CNCC2CCOC2)cc(C)c1O. The van der Waals surface area contributed by atoms with Gasteiger partial charge in [-0.3, -0.25) is 0 Å². The summed E-state index contributed by atoms with van der Waals surface area (Å²) in [6.45, 7) is 7.55. The van der Waals surface area contributed by atoms with E-state index in [1.165, 1.54) is 12.0 Å². The van der Waals surface area contributed by atoms with Crippen LogP contribution in [-0.4, -0.2) is 24.9 Å². The molecule has 0 saturated carbocycles. The van der Waals surface area contributed by atoms with Crippen LogP contribution in [0.4, 0.5) is 0 Å². The second-order valence-electron chi connectivity index (χ2n) is 4.94. The number of phenolic OH excluding ortho intramolecular Hbond substituents is 1. The van der Waals surface area contributed by atoms with Gasteiger partial charge in [-0.05, 0) is 42.9 Å². The lowest BCUT2D eigenvalue weighted by atomic mass is 10.1. The smallest absolute Gasteiger partial charge is 0.121 e. The Morgan fingerprint density at radius 3 is 2.65 bits per heavy atom. The molecule has 3 nitrogen and oxygen atoms in total. The van der Waals surface area contributed by atoms with Gasteiger partial charge < -0.3 is 15.2 Å². The van der Waals surface area contributed by atoms with E-state index in [0.29, 0.717) is 11.7 Å². The molecule has 2 rings (SSSR count). The lowest BCUT2D eigenvalue weighted by Crippen LogP contribution is -2.22. The van der Waals surface area contributed by atoms with Gasteiger partial charge in [0.25, 0.3) is 0 Å². The van der Waals surface area contributed by atoms with E-state index in [1.54, 1.807) is 0 Å². The van der Waals surface area contributed by atoms with Crippen molar-refractivity contribution in [3.63, 3.8) is 0 Å². The topological polar surface area (TPSA) is 41.5 Å². The molecule has 0 aliphatic carbocycles. The fourth-order valence-corrected chi connectivity index (χ4v) is 2.31. The molecule has 1 atom stereocenters. The Bertz CT molecular complexity index is 361. The van der Waals surface area contributed by atoms with Crippen LogP contribution in [0.1, 0.15) is 23.1 Å². The number of hydrogen-bond donors (Lipinski definition) is 2. The molecule has 0 aromatic heterocycles. The minimum atomic E-state index is 0.415. The molecule has 0 spiro atoms. The van der Waals surface area contributed by atoms with Crippen LogP contribution in [0, 0.1) is 19.8 Å². The summed E-state index contributed by atoms with van der Waals surface area (Å²) in [6.07, 6.45) is 1.17. The number of aryl methyl sites for hydroxylation is 2. The van der Waals surface area contributed by atoms with Crippen LogP contribution < -0.4 is 5.32 Å². The standard InChI is InChI=1S/C14H21NO2/c1-10-5-13(6-11(2)14(10)16)8-15-7-12-3-4-17-9-12/h5-6,12,15-16H,3-4,7-9H2,1-2H3. The van der Waals surface area contributed by atoms with Gasteiger partial charge in [0, 0.05) is 19.7 Å². The number of rotatable bonds is 4. The summed E-state index contributed by atoms with van der Waals surface area (Å²) in [6, 6.07) is 4.08. The molecular formula is C14H21NO2. The molecule has 17 heavy (non-hydrogen) atoms. The fraction of sp³-hybridized carbons (Fsp3) is 0.571. The van der Waals surface area contributed by atoms with Gasteiger partial charge in [0.15, 0.2) is 0 Å². The van der Waals surface area contributed by atoms with Crippen LogP contribution in [-0.2, 0) is 11.3 Å². The predicted molar refractivity (Wildman–Crippen MR) is 68.2 cm³/mol. The third-order valence-corrected chi connectivity index (χ3v) is 3.34. The average molecular weight is 235 g/mol. The first kappa shape index (κ1) is 12.4. The molecule has 1 aliphatic heterocycles. The summed E-state index contributed by atoms with van der Waals surface area (Å²) in [5, 5.41) is 13.1. The van der Waals surface area contributed by atoms with Crippen LogP contribution >= 0.6 is 0 Å². The number of hydrogen-bond acceptors (Lipinski definition) is 3. The number of ether oxygens (including phenoxy) is 1. The van der Waals surface area contributed by atoms with E-state index in [2.05, 4.69) is 5.32 Å². The van der Waals surface area contributed by atoms with Crippen LogP contribution in [0.3, 0.4) is 0 Å². The number of benzene rings is 1. The summed E-state index contributed by atoms with van der Waals surface area (Å²) in [4.78, 5) is 0.